The lowest BCUT2D eigenvalue weighted by atomic mass is 10.0. The van der Waals surface area contributed by atoms with E-state index in [4.69, 9.17) is 0 Å². The van der Waals surface area contributed by atoms with Gasteiger partial charge in [-0.05, 0) is 43.5 Å². The Kier molecular flexibility index (Phi) is 3.75. The van der Waals surface area contributed by atoms with E-state index in [0.717, 1.165) is 37.2 Å². The van der Waals surface area contributed by atoms with Gasteiger partial charge in [0.2, 0.25) is 5.91 Å². The number of carbonyl (C=O) groups is 1. The van der Waals surface area contributed by atoms with Gasteiger partial charge in [-0.2, -0.15) is 0 Å². The maximum atomic E-state index is 11.2. The van der Waals surface area contributed by atoms with Crippen LogP contribution in [0.5, 0.6) is 5.75 Å². The highest BCUT2D eigenvalue weighted by Gasteiger charge is 2.20. The number of benzene rings is 1. The molecule has 2 rings (SSSR count). The van der Waals surface area contributed by atoms with E-state index < -0.39 is 0 Å². The summed E-state index contributed by atoms with van der Waals surface area (Å²) in [6, 6.07) is 5.96. The molecule has 0 radical (unpaired) electrons. The highest BCUT2D eigenvalue weighted by Crippen LogP contribution is 2.22. The molecule has 1 saturated heterocycles. The van der Waals surface area contributed by atoms with Gasteiger partial charge in [-0.3, -0.25) is 4.79 Å². The summed E-state index contributed by atoms with van der Waals surface area (Å²) >= 11 is 0. The van der Waals surface area contributed by atoms with Crippen LogP contribution in [0, 0.1) is 6.92 Å². The van der Waals surface area contributed by atoms with Crippen LogP contribution in [-0.2, 0) is 4.79 Å². The highest BCUT2D eigenvalue weighted by molar-refractivity contribution is 5.73. The van der Waals surface area contributed by atoms with E-state index in [1.807, 2.05) is 24.0 Å². The van der Waals surface area contributed by atoms with E-state index in [0.29, 0.717) is 11.8 Å². The molecule has 4 nitrogen and oxygen atoms in total. The van der Waals surface area contributed by atoms with Crippen LogP contribution in [-0.4, -0.2) is 35.0 Å². The van der Waals surface area contributed by atoms with Crippen molar-refractivity contribution in [3.8, 4) is 5.75 Å². The minimum absolute atomic E-state index is 0.161. The van der Waals surface area contributed by atoms with E-state index in [9.17, 15) is 9.90 Å². The first-order valence-corrected chi connectivity index (χ1v) is 6.38. The topological polar surface area (TPSA) is 52.6 Å². The van der Waals surface area contributed by atoms with Crippen molar-refractivity contribution >= 4 is 11.6 Å². The molecule has 1 amide bonds. The fourth-order valence-corrected chi connectivity index (χ4v) is 2.32. The molecule has 0 saturated carbocycles. The van der Waals surface area contributed by atoms with Gasteiger partial charge in [-0.15, -0.1) is 0 Å². The zero-order chi connectivity index (χ0) is 13.1. The average molecular weight is 248 g/mol. The Morgan fingerprint density at radius 2 is 2.06 bits per heavy atom. The van der Waals surface area contributed by atoms with Gasteiger partial charge in [-0.1, -0.05) is 0 Å². The summed E-state index contributed by atoms with van der Waals surface area (Å²) in [7, 11) is 0. The second-order valence-electron chi connectivity index (χ2n) is 4.93. The third-order valence-electron chi connectivity index (χ3n) is 3.51. The third-order valence-corrected chi connectivity index (χ3v) is 3.51. The summed E-state index contributed by atoms with van der Waals surface area (Å²) in [6.07, 6.45) is 1.94. The first kappa shape index (κ1) is 12.7. The Hall–Kier alpha value is -1.71. The van der Waals surface area contributed by atoms with E-state index >= 15 is 0 Å². The van der Waals surface area contributed by atoms with E-state index in [2.05, 4.69) is 5.32 Å². The number of aromatic hydroxyl groups is 1. The molecule has 1 aliphatic rings. The first-order valence-electron chi connectivity index (χ1n) is 6.38. The fraction of sp³-hybridized carbons (Fsp3) is 0.500. The van der Waals surface area contributed by atoms with Crippen LogP contribution in [0.3, 0.4) is 0 Å². The van der Waals surface area contributed by atoms with Crippen molar-refractivity contribution in [2.45, 2.75) is 32.7 Å². The number of piperidine rings is 1. The molecule has 1 aromatic carbocycles. The quantitative estimate of drug-likeness (QED) is 0.788. The maximum absolute atomic E-state index is 11.2. The molecule has 18 heavy (non-hydrogen) atoms. The lowest BCUT2D eigenvalue weighted by Gasteiger charge is -2.32. The van der Waals surface area contributed by atoms with Crippen molar-refractivity contribution in [3.05, 3.63) is 23.8 Å². The van der Waals surface area contributed by atoms with Gasteiger partial charge in [-0.25, -0.2) is 0 Å². The predicted molar refractivity (Wildman–Crippen MR) is 71.7 cm³/mol. The van der Waals surface area contributed by atoms with Crippen LogP contribution in [0.1, 0.15) is 25.3 Å². The number of phenolic OH excluding ortho intramolecular Hbond substituents is 1. The molecule has 0 aliphatic carbocycles. The summed E-state index contributed by atoms with van der Waals surface area (Å²) in [4.78, 5) is 13.1. The summed E-state index contributed by atoms with van der Waals surface area (Å²) in [5, 5.41) is 12.9. The van der Waals surface area contributed by atoms with E-state index in [1.54, 1.807) is 13.0 Å². The second-order valence-corrected chi connectivity index (χ2v) is 4.93. The first-order chi connectivity index (χ1) is 8.56. The molecule has 98 valence electrons. The molecule has 1 aromatic rings. The molecule has 0 atom stereocenters. The van der Waals surface area contributed by atoms with Gasteiger partial charge in [0.05, 0.1) is 0 Å². The summed E-state index contributed by atoms with van der Waals surface area (Å²) in [5.74, 6) is 0.487. The largest absolute Gasteiger partial charge is 0.508 e. The SMILES string of the molecule is CC(=O)N1CCC(Nc2ccc(O)c(C)c2)CC1. The Morgan fingerprint density at radius 3 is 2.61 bits per heavy atom. The molecule has 4 heteroatoms. The Morgan fingerprint density at radius 1 is 1.39 bits per heavy atom. The Labute approximate surface area is 108 Å². The molecule has 0 bridgehead atoms. The highest BCUT2D eigenvalue weighted by atomic mass is 16.3. The second kappa shape index (κ2) is 5.29. The van der Waals surface area contributed by atoms with Crippen LogP contribution in [0.2, 0.25) is 0 Å². The maximum Gasteiger partial charge on any atom is 0.219 e. The van der Waals surface area contributed by atoms with Crippen molar-refractivity contribution in [3.63, 3.8) is 0 Å². The molecule has 1 fully saturated rings. The molecular weight excluding hydrogens is 228 g/mol. The van der Waals surface area contributed by atoms with Crippen LogP contribution in [0.15, 0.2) is 18.2 Å². The zero-order valence-electron chi connectivity index (χ0n) is 10.9. The third kappa shape index (κ3) is 2.94. The number of amides is 1. The number of aryl methyl sites for hydroxylation is 1. The number of hydrogen-bond donors (Lipinski definition) is 2. The average Bonchev–Trinajstić information content (AvgIpc) is 2.34. The van der Waals surface area contributed by atoms with Gasteiger partial charge in [0, 0.05) is 31.7 Å². The number of anilines is 1. The molecule has 0 unspecified atom stereocenters. The van der Waals surface area contributed by atoms with Crippen molar-refractivity contribution in [1.82, 2.24) is 4.90 Å². The van der Waals surface area contributed by atoms with Crippen molar-refractivity contribution in [2.75, 3.05) is 18.4 Å². The number of hydrogen-bond acceptors (Lipinski definition) is 3. The number of carbonyl (C=O) groups excluding carboxylic acids is 1. The van der Waals surface area contributed by atoms with Gasteiger partial charge in [0.25, 0.3) is 0 Å². The lowest BCUT2D eigenvalue weighted by Crippen LogP contribution is -2.41. The van der Waals surface area contributed by atoms with Crippen LogP contribution in [0.4, 0.5) is 5.69 Å². The molecule has 1 aliphatic heterocycles. The summed E-state index contributed by atoms with van der Waals surface area (Å²) < 4.78 is 0. The number of rotatable bonds is 2. The van der Waals surface area contributed by atoms with Gasteiger partial charge in [0.15, 0.2) is 0 Å². The predicted octanol–water partition coefficient (Wildman–Crippen LogP) is 2.12. The minimum Gasteiger partial charge on any atom is -0.508 e. The van der Waals surface area contributed by atoms with E-state index in [1.165, 1.54) is 0 Å². The minimum atomic E-state index is 0.161. The molecule has 0 spiro atoms. The summed E-state index contributed by atoms with van der Waals surface area (Å²) in [6.45, 7) is 5.16. The fourth-order valence-electron chi connectivity index (χ4n) is 2.32. The monoisotopic (exact) mass is 248 g/mol. The van der Waals surface area contributed by atoms with E-state index in [-0.39, 0.29) is 5.91 Å². The van der Waals surface area contributed by atoms with Gasteiger partial charge >= 0.3 is 0 Å². The number of nitrogens with zero attached hydrogens (tertiary/aromatic N) is 1. The van der Waals surface area contributed by atoms with Crippen molar-refractivity contribution < 1.29 is 9.90 Å². The number of phenols is 1. The summed E-state index contributed by atoms with van der Waals surface area (Å²) in [5.41, 5.74) is 1.91. The Balaban J connectivity index is 1.91. The molecular formula is C14H20N2O2. The van der Waals surface area contributed by atoms with Gasteiger partial charge < -0.3 is 15.3 Å². The van der Waals surface area contributed by atoms with Gasteiger partial charge in [0.1, 0.15) is 5.75 Å². The number of likely N-dealkylation sites (tertiary alicyclic amines) is 1. The number of nitrogens with one attached hydrogen (secondary N) is 1. The molecule has 1 heterocycles. The molecule has 2 N–H and O–H groups in total. The normalized spacial score (nSPS) is 16.7. The molecule has 0 aromatic heterocycles. The lowest BCUT2D eigenvalue weighted by molar-refractivity contribution is -0.129. The smallest absolute Gasteiger partial charge is 0.219 e. The Bertz CT molecular complexity index is 437. The van der Waals surface area contributed by atoms with Crippen molar-refractivity contribution in [2.24, 2.45) is 0 Å². The van der Waals surface area contributed by atoms with Crippen LogP contribution >= 0.6 is 0 Å². The van der Waals surface area contributed by atoms with Crippen molar-refractivity contribution in [1.29, 1.82) is 0 Å². The zero-order valence-corrected chi connectivity index (χ0v) is 10.9. The van der Waals surface area contributed by atoms with Crippen LogP contribution < -0.4 is 5.32 Å². The van der Waals surface area contributed by atoms with Crippen LogP contribution in [0.25, 0.3) is 0 Å². The standard InChI is InChI=1S/C14H20N2O2/c1-10-9-13(3-4-14(10)18)15-12-5-7-16(8-6-12)11(2)17/h3-4,9,12,15,18H,5-8H2,1-2H3.